The van der Waals surface area contributed by atoms with Crippen molar-refractivity contribution in [2.45, 2.75) is 45.3 Å². The summed E-state index contributed by atoms with van der Waals surface area (Å²) in [5.74, 6) is 0.848. The maximum absolute atomic E-state index is 12.0. The van der Waals surface area contributed by atoms with Gasteiger partial charge in [0.2, 0.25) is 5.91 Å². The summed E-state index contributed by atoms with van der Waals surface area (Å²) in [6.45, 7) is 3.96. The molecule has 1 aromatic rings. The fourth-order valence-corrected chi connectivity index (χ4v) is 2.57. The van der Waals surface area contributed by atoms with Crippen molar-refractivity contribution in [2.24, 2.45) is 5.41 Å². The molecule has 1 aromatic carbocycles. The number of rotatable bonds is 5. The van der Waals surface area contributed by atoms with Gasteiger partial charge in [-0.15, -0.1) is 0 Å². The van der Waals surface area contributed by atoms with E-state index in [2.05, 4.69) is 5.32 Å². The summed E-state index contributed by atoms with van der Waals surface area (Å²) in [6.07, 6.45) is 1.42. The van der Waals surface area contributed by atoms with Crippen molar-refractivity contribution in [3.63, 3.8) is 0 Å². The Morgan fingerprint density at radius 3 is 2.75 bits per heavy atom. The summed E-state index contributed by atoms with van der Waals surface area (Å²) >= 11 is 0. The van der Waals surface area contributed by atoms with Gasteiger partial charge in [0.05, 0.1) is 13.2 Å². The molecule has 1 amide bonds. The van der Waals surface area contributed by atoms with Crippen molar-refractivity contribution < 1.29 is 14.6 Å². The molecule has 0 spiro atoms. The van der Waals surface area contributed by atoms with E-state index in [4.69, 9.17) is 4.74 Å². The summed E-state index contributed by atoms with van der Waals surface area (Å²) in [4.78, 5) is 12.0. The van der Waals surface area contributed by atoms with Crippen molar-refractivity contribution in [2.75, 3.05) is 7.11 Å². The lowest BCUT2D eigenvalue weighted by Crippen LogP contribution is -2.61. The Morgan fingerprint density at radius 2 is 2.15 bits per heavy atom. The van der Waals surface area contributed by atoms with E-state index < -0.39 is 0 Å². The molecule has 0 aromatic heterocycles. The first-order valence-corrected chi connectivity index (χ1v) is 7.04. The Kier molecular flexibility index (Phi) is 4.33. The molecule has 0 bridgehead atoms. The number of hydrogen-bond acceptors (Lipinski definition) is 3. The van der Waals surface area contributed by atoms with Crippen LogP contribution >= 0.6 is 0 Å². The number of methoxy groups -OCH3 is 1. The number of para-hydroxylation sites is 1. The van der Waals surface area contributed by atoms with Crippen LogP contribution in [0.3, 0.4) is 0 Å². The third-order valence-corrected chi connectivity index (χ3v) is 4.37. The van der Waals surface area contributed by atoms with Gasteiger partial charge in [-0.2, -0.15) is 0 Å². The molecule has 1 saturated carbocycles. The average molecular weight is 277 g/mol. The predicted molar refractivity (Wildman–Crippen MR) is 77.7 cm³/mol. The van der Waals surface area contributed by atoms with Gasteiger partial charge in [0.15, 0.2) is 0 Å². The second-order valence-electron chi connectivity index (χ2n) is 6.00. The van der Waals surface area contributed by atoms with Crippen LogP contribution in [-0.2, 0) is 11.2 Å². The molecule has 0 heterocycles. The van der Waals surface area contributed by atoms with Gasteiger partial charge in [0, 0.05) is 17.9 Å². The highest BCUT2D eigenvalue weighted by molar-refractivity contribution is 5.77. The minimum atomic E-state index is -0.318. The largest absolute Gasteiger partial charge is 0.496 e. The zero-order chi connectivity index (χ0) is 14.8. The van der Waals surface area contributed by atoms with Gasteiger partial charge < -0.3 is 15.2 Å². The monoisotopic (exact) mass is 277 g/mol. The fraction of sp³-hybridized carbons (Fsp3) is 0.562. The van der Waals surface area contributed by atoms with E-state index in [1.54, 1.807) is 7.11 Å². The van der Waals surface area contributed by atoms with E-state index >= 15 is 0 Å². The maximum atomic E-state index is 12.0. The van der Waals surface area contributed by atoms with E-state index in [1.807, 2.05) is 38.1 Å². The molecule has 0 aliphatic heterocycles. The molecule has 0 radical (unpaired) electrons. The highest BCUT2D eigenvalue weighted by Gasteiger charge is 2.47. The number of aliphatic hydroxyl groups excluding tert-OH is 1. The zero-order valence-electron chi connectivity index (χ0n) is 12.3. The number of carbonyl (C=O) groups is 1. The Balaban J connectivity index is 1.84. The smallest absolute Gasteiger partial charge is 0.220 e. The third kappa shape index (κ3) is 2.96. The number of benzene rings is 1. The molecule has 2 unspecified atom stereocenters. The summed E-state index contributed by atoms with van der Waals surface area (Å²) in [5, 5.41) is 12.7. The van der Waals surface area contributed by atoms with Crippen LogP contribution < -0.4 is 10.1 Å². The summed E-state index contributed by atoms with van der Waals surface area (Å²) in [5.41, 5.74) is 0.818. The van der Waals surface area contributed by atoms with Crippen LogP contribution in [0.5, 0.6) is 5.75 Å². The van der Waals surface area contributed by atoms with Crippen LogP contribution in [0.2, 0.25) is 0 Å². The van der Waals surface area contributed by atoms with E-state index in [0.29, 0.717) is 19.3 Å². The standard InChI is InChI=1S/C16H23NO3/c1-16(2)13(10-14(16)18)17-15(19)9-8-11-6-4-5-7-12(11)20-3/h4-7,13-14,18H,8-10H2,1-3H3,(H,17,19). The highest BCUT2D eigenvalue weighted by Crippen LogP contribution is 2.40. The molecule has 0 saturated heterocycles. The SMILES string of the molecule is COc1ccccc1CCC(=O)NC1CC(O)C1(C)C. The summed E-state index contributed by atoms with van der Waals surface area (Å²) in [7, 11) is 1.64. The fourth-order valence-electron chi connectivity index (χ4n) is 2.57. The van der Waals surface area contributed by atoms with Gasteiger partial charge >= 0.3 is 0 Å². The average Bonchev–Trinajstić information content (AvgIpc) is 2.45. The zero-order valence-corrected chi connectivity index (χ0v) is 12.3. The Morgan fingerprint density at radius 1 is 1.45 bits per heavy atom. The second kappa shape index (κ2) is 5.83. The van der Waals surface area contributed by atoms with Gasteiger partial charge in [0.25, 0.3) is 0 Å². The summed E-state index contributed by atoms with van der Waals surface area (Å²) in [6, 6.07) is 7.81. The van der Waals surface area contributed by atoms with Crippen molar-refractivity contribution in [3.8, 4) is 5.75 Å². The van der Waals surface area contributed by atoms with E-state index in [-0.39, 0.29) is 23.5 Å². The predicted octanol–water partition coefficient (Wildman–Crippen LogP) is 1.90. The van der Waals surface area contributed by atoms with Crippen LogP contribution in [0.4, 0.5) is 0 Å². The molecule has 110 valence electrons. The number of carbonyl (C=O) groups excluding carboxylic acids is 1. The van der Waals surface area contributed by atoms with Crippen molar-refractivity contribution in [3.05, 3.63) is 29.8 Å². The van der Waals surface area contributed by atoms with E-state index in [1.165, 1.54) is 0 Å². The Hall–Kier alpha value is -1.55. The van der Waals surface area contributed by atoms with Gasteiger partial charge in [-0.05, 0) is 24.5 Å². The van der Waals surface area contributed by atoms with Crippen LogP contribution in [0.1, 0.15) is 32.3 Å². The molecule has 2 rings (SSSR count). The van der Waals surface area contributed by atoms with Crippen molar-refractivity contribution in [1.29, 1.82) is 0 Å². The summed E-state index contributed by atoms with van der Waals surface area (Å²) < 4.78 is 5.27. The number of nitrogens with one attached hydrogen (secondary N) is 1. The number of amides is 1. The maximum Gasteiger partial charge on any atom is 0.220 e. The molecule has 1 aliphatic rings. The van der Waals surface area contributed by atoms with Gasteiger partial charge in [-0.1, -0.05) is 32.0 Å². The molecular formula is C16H23NO3. The molecule has 1 aliphatic carbocycles. The van der Waals surface area contributed by atoms with Crippen LogP contribution in [0.15, 0.2) is 24.3 Å². The van der Waals surface area contributed by atoms with Crippen LogP contribution in [0.25, 0.3) is 0 Å². The third-order valence-electron chi connectivity index (χ3n) is 4.37. The normalized spacial score (nSPS) is 23.8. The Bertz CT molecular complexity index is 484. The molecule has 2 N–H and O–H groups in total. The van der Waals surface area contributed by atoms with Crippen molar-refractivity contribution >= 4 is 5.91 Å². The number of hydrogen-bond donors (Lipinski definition) is 2. The quantitative estimate of drug-likeness (QED) is 0.864. The van der Waals surface area contributed by atoms with Crippen LogP contribution in [-0.4, -0.2) is 30.3 Å². The van der Waals surface area contributed by atoms with Gasteiger partial charge in [0.1, 0.15) is 5.75 Å². The van der Waals surface area contributed by atoms with Gasteiger partial charge in [-0.3, -0.25) is 4.79 Å². The minimum absolute atomic E-state index is 0.0286. The first-order valence-electron chi connectivity index (χ1n) is 7.04. The number of ether oxygens (including phenoxy) is 1. The topological polar surface area (TPSA) is 58.6 Å². The van der Waals surface area contributed by atoms with Gasteiger partial charge in [-0.25, -0.2) is 0 Å². The molecule has 4 nitrogen and oxygen atoms in total. The van der Waals surface area contributed by atoms with Crippen LogP contribution in [0, 0.1) is 5.41 Å². The second-order valence-corrected chi connectivity index (χ2v) is 6.00. The highest BCUT2D eigenvalue weighted by atomic mass is 16.5. The molecule has 20 heavy (non-hydrogen) atoms. The Labute approximate surface area is 120 Å². The first kappa shape index (κ1) is 14.9. The minimum Gasteiger partial charge on any atom is -0.496 e. The lowest BCUT2D eigenvalue weighted by Gasteiger charge is -2.49. The van der Waals surface area contributed by atoms with E-state index in [0.717, 1.165) is 11.3 Å². The number of aliphatic hydroxyl groups is 1. The number of aryl methyl sites for hydroxylation is 1. The molecule has 2 atom stereocenters. The molecule has 1 fully saturated rings. The van der Waals surface area contributed by atoms with Crippen molar-refractivity contribution in [1.82, 2.24) is 5.32 Å². The lowest BCUT2D eigenvalue weighted by atomic mass is 9.64. The lowest BCUT2D eigenvalue weighted by molar-refractivity contribution is -0.129. The molecular weight excluding hydrogens is 254 g/mol. The molecule has 4 heteroatoms. The first-order chi connectivity index (χ1) is 9.45. The van der Waals surface area contributed by atoms with E-state index in [9.17, 15) is 9.90 Å².